The van der Waals surface area contributed by atoms with Gasteiger partial charge in [-0.05, 0) is 201 Å². The number of furan rings is 1. The van der Waals surface area contributed by atoms with E-state index in [-0.39, 0.29) is 6.71 Å². The van der Waals surface area contributed by atoms with E-state index in [1.807, 2.05) is 0 Å². The van der Waals surface area contributed by atoms with E-state index in [0.29, 0.717) is 0 Å². The lowest BCUT2D eigenvalue weighted by molar-refractivity contribution is 0.546. The van der Waals surface area contributed by atoms with Crippen LogP contribution < -0.4 is 16.4 Å². The molecule has 10 aromatic carbocycles. The Morgan fingerprint density at radius 1 is 0.385 bits per heavy atom. The van der Waals surface area contributed by atoms with Crippen molar-refractivity contribution in [2.45, 2.75) is 52.9 Å². The molecule has 3 aliphatic carbocycles. The first-order chi connectivity index (χ1) is 38.4. The quantitative estimate of drug-likeness (QED) is 0.145. The van der Waals surface area contributed by atoms with Crippen molar-refractivity contribution >= 4 is 45.7 Å². The number of aryl methyl sites for hydroxylation is 4. The monoisotopic (exact) mass is 998 g/mol. The van der Waals surface area contributed by atoms with Crippen LogP contribution >= 0.6 is 0 Å². The third-order valence-corrected chi connectivity index (χ3v) is 16.9. The van der Waals surface area contributed by atoms with Gasteiger partial charge in [0.1, 0.15) is 11.3 Å². The second kappa shape index (κ2) is 19.9. The molecule has 0 amide bonds. The Morgan fingerprint density at radius 2 is 0.962 bits per heavy atom. The van der Waals surface area contributed by atoms with Gasteiger partial charge in [0.15, 0.2) is 0 Å². The predicted molar refractivity (Wildman–Crippen MR) is 332 cm³/mol. The molecule has 0 unspecified atom stereocenters. The number of benzene rings is 10. The molecular formula is C76H59BO. The molecule has 2 heterocycles. The molecule has 0 saturated carbocycles. The number of rotatable bonds is 7. The van der Waals surface area contributed by atoms with E-state index in [2.05, 4.69) is 263 Å². The fraction of sp³-hybridized carbons (Fsp3) is 0.105. The van der Waals surface area contributed by atoms with Gasteiger partial charge < -0.3 is 4.42 Å². The lowest BCUT2D eigenvalue weighted by atomic mass is 9.38. The van der Waals surface area contributed by atoms with Crippen LogP contribution in [0.2, 0.25) is 0 Å². The lowest BCUT2D eigenvalue weighted by Gasteiger charge is -2.16. The van der Waals surface area contributed by atoms with Crippen molar-refractivity contribution in [3.63, 3.8) is 0 Å². The molecule has 1 nitrogen and oxygen atoms in total. The topological polar surface area (TPSA) is 13.1 Å². The van der Waals surface area contributed by atoms with E-state index >= 15 is 0 Å². The normalized spacial score (nSPS) is 13.7. The van der Waals surface area contributed by atoms with Gasteiger partial charge in [-0.15, -0.1) is 0 Å². The molecule has 0 spiro atoms. The number of allylic oxidation sites excluding steroid dienone is 5. The van der Waals surface area contributed by atoms with Crippen molar-refractivity contribution in [2.24, 2.45) is 0 Å². The summed E-state index contributed by atoms with van der Waals surface area (Å²) in [5.74, 6) is 1.11. The van der Waals surface area contributed by atoms with Gasteiger partial charge in [-0.25, -0.2) is 0 Å². The van der Waals surface area contributed by atoms with Gasteiger partial charge in [-0.1, -0.05) is 222 Å². The maximum absolute atomic E-state index is 6.22. The predicted octanol–water partition coefficient (Wildman–Crippen LogP) is 18.2. The second-order valence-electron chi connectivity index (χ2n) is 21.9. The summed E-state index contributed by atoms with van der Waals surface area (Å²) in [5, 5.41) is 1.20. The molecule has 0 radical (unpaired) electrons. The van der Waals surface area contributed by atoms with Crippen LogP contribution in [0.3, 0.4) is 0 Å². The number of hydrogen-bond acceptors (Lipinski definition) is 1. The Morgan fingerprint density at radius 3 is 1.73 bits per heavy atom. The van der Waals surface area contributed by atoms with Crippen molar-refractivity contribution in [3.05, 3.63) is 281 Å². The zero-order valence-electron chi connectivity index (χ0n) is 44.6. The molecule has 0 bridgehead atoms. The standard InChI is InChI=1S/C49H35BO.C27H24/c1-32-24-37(40-27-38(33-12-4-2-5-13-33)26-39(28-40)34-14-6-3-7-15-34)29-41(25-32)50-46-18-10-8-16-42(46)44-30-35(20-22-47(44)50)36-21-23-49-45(31-36)43-17-9-11-19-48(43)51-49;1-18-7-3-5-9-24(18)26-16-20(12-11-19(26)2)21-13-14-23-15-22-8-4-6-10-25(22)27(23)17-21/h2-10,12-18,20-31H,11,19H2,1H3;3,5-7,9-14,16-17H,4,8,15H2,1-2H3. The smallest absolute Gasteiger partial charge is 0.242 e. The Kier molecular flexibility index (Phi) is 12.1. The van der Waals surface area contributed by atoms with Crippen molar-refractivity contribution in [2.75, 3.05) is 0 Å². The highest BCUT2D eigenvalue weighted by Gasteiger charge is 2.34. The fourth-order valence-corrected chi connectivity index (χ4v) is 12.9. The van der Waals surface area contributed by atoms with Crippen LogP contribution in [0.1, 0.15) is 58.4 Å². The van der Waals surface area contributed by atoms with Gasteiger partial charge in [0.25, 0.3) is 0 Å². The summed E-state index contributed by atoms with van der Waals surface area (Å²) < 4.78 is 6.22. The van der Waals surface area contributed by atoms with Crippen LogP contribution in [0, 0.1) is 20.8 Å². The zero-order chi connectivity index (χ0) is 52.3. The van der Waals surface area contributed by atoms with Gasteiger partial charge in [0.2, 0.25) is 6.71 Å². The van der Waals surface area contributed by atoms with Gasteiger partial charge in [-0.3, -0.25) is 0 Å². The highest BCUT2D eigenvalue weighted by atomic mass is 16.3. The summed E-state index contributed by atoms with van der Waals surface area (Å²) in [6.45, 7) is 6.79. The maximum Gasteiger partial charge on any atom is 0.242 e. The molecule has 0 fully saturated rings. The SMILES string of the molecule is Cc1cc(B2c3ccccc3-c3cc(-c4ccc5oc6c(c5c4)C=CCC6)ccc32)cc(-c2cc(-c3ccccc3)cc(-c3ccccc3)c2)c1.Cc1ccccc1-c1cc(-c2ccc3c(c2)C2=C(CCC=C2)C3)ccc1C. The van der Waals surface area contributed by atoms with Crippen LogP contribution in [0.5, 0.6) is 0 Å². The molecular weight excluding hydrogens is 940 g/mol. The molecule has 1 aromatic heterocycles. The highest BCUT2D eigenvalue weighted by molar-refractivity contribution is 6.99. The minimum atomic E-state index is 0.156. The Bertz CT molecular complexity index is 4200. The zero-order valence-corrected chi connectivity index (χ0v) is 44.6. The van der Waals surface area contributed by atoms with Crippen LogP contribution in [-0.4, -0.2) is 6.71 Å². The van der Waals surface area contributed by atoms with Crippen molar-refractivity contribution in [3.8, 4) is 77.9 Å². The molecule has 2 heteroatoms. The highest BCUT2D eigenvalue weighted by Crippen LogP contribution is 2.42. The van der Waals surface area contributed by atoms with Gasteiger partial charge >= 0.3 is 0 Å². The van der Waals surface area contributed by atoms with E-state index in [0.717, 1.165) is 30.6 Å². The Balaban J connectivity index is 0.000000172. The first-order valence-electron chi connectivity index (χ1n) is 27.9. The molecule has 1 aliphatic heterocycles. The minimum absolute atomic E-state index is 0.156. The third kappa shape index (κ3) is 8.72. The molecule has 372 valence electrons. The summed E-state index contributed by atoms with van der Waals surface area (Å²) >= 11 is 0. The van der Waals surface area contributed by atoms with Crippen LogP contribution in [0.15, 0.2) is 247 Å². The lowest BCUT2D eigenvalue weighted by Crippen LogP contribution is -2.49. The van der Waals surface area contributed by atoms with Crippen molar-refractivity contribution in [1.29, 1.82) is 0 Å². The first-order valence-corrected chi connectivity index (χ1v) is 27.9. The third-order valence-electron chi connectivity index (χ3n) is 16.9. The maximum atomic E-state index is 6.22. The van der Waals surface area contributed by atoms with Crippen LogP contribution in [-0.2, 0) is 12.8 Å². The summed E-state index contributed by atoms with van der Waals surface area (Å²) in [6.07, 6.45) is 14.7. The number of fused-ring (bicyclic) bond motifs is 8. The van der Waals surface area contributed by atoms with E-state index in [1.54, 1.807) is 5.57 Å². The molecule has 4 aliphatic rings. The average Bonchev–Trinajstić information content (AvgIpc) is 4.24. The van der Waals surface area contributed by atoms with Crippen LogP contribution in [0.25, 0.3) is 101 Å². The minimum Gasteiger partial charge on any atom is -0.460 e. The molecule has 15 rings (SSSR count). The van der Waals surface area contributed by atoms with Crippen molar-refractivity contribution < 1.29 is 4.42 Å². The van der Waals surface area contributed by atoms with Crippen LogP contribution in [0.4, 0.5) is 0 Å². The van der Waals surface area contributed by atoms with E-state index in [1.165, 1.54) is 151 Å². The van der Waals surface area contributed by atoms with E-state index < -0.39 is 0 Å². The van der Waals surface area contributed by atoms with Gasteiger partial charge in [0.05, 0.1) is 0 Å². The van der Waals surface area contributed by atoms with Gasteiger partial charge in [-0.2, -0.15) is 0 Å². The fourth-order valence-electron chi connectivity index (χ4n) is 12.9. The summed E-state index contributed by atoms with van der Waals surface area (Å²) in [7, 11) is 0. The van der Waals surface area contributed by atoms with Crippen molar-refractivity contribution in [1.82, 2.24) is 0 Å². The van der Waals surface area contributed by atoms with E-state index in [4.69, 9.17) is 4.42 Å². The molecule has 11 aromatic rings. The summed E-state index contributed by atoms with van der Waals surface area (Å²) in [6, 6.07) is 81.0. The summed E-state index contributed by atoms with van der Waals surface area (Å²) in [5.41, 5.74) is 34.0. The summed E-state index contributed by atoms with van der Waals surface area (Å²) in [4.78, 5) is 0. The average molecular weight is 999 g/mol. The Hall–Kier alpha value is -8.98. The molecule has 78 heavy (non-hydrogen) atoms. The second-order valence-corrected chi connectivity index (χ2v) is 21.9. The largest absolute Gasteiger partial charge is 0.460 e. The first kappa shape index (κ1) is 47.5. The van der Waals surface area contributed by atoms with Gasteiger partial charge in [0, 0.05) is 17.4 Å². The van der Waals surface area contributed by atoms with E-state index in [9.17, 15) is 0 Å². The number of hydrogen-bond donors (Lipinski definition) is 0. The molecule has 0 saturated heterocycles. The molecule has 0 N–H and O–H groups in total. The Labute approximate surface area is 459 Å². The molecule has 0 atom stereocenters.